The number of thiazole rings is 1. The van der Waals surface area contributed by atoms with E-state index < -0.39 is 0 Å². The van der Waals surface area contributed by atoms with Gasteiger partial charge in [-0.15, -0.1) is 11.3 Å². The van der Waals surface area contributed by atoms with E-state index in [0.717, 1.165) is 17.0 Å². The van der Waals surface area contributed by atoms with Gasteiger partial charge in [0.25, 0.3) is 5.91 Å². The van der Waals surface area contributed by atoms with E-state index in [9.17, 15) is 4.79 Å². The quantitative estimate of drug-likeness (QED) is 0.532. The van der Waals surface area contributed by atoms with Crippen molar-refractivity contribution in [1.82, 2.24) is 14.8 Å². The third-order valence-corrected chi connectivity index (χ3v) is 4.77. The maximum absolute atomic E-state index is 12.3. The van der Waals surface area contributed by atoms with Gasteiger partial charge in [-0.1, -0.05) is 48.5 Å². The van der Waals surface area contributed by atoms with Crippen LogP contribution in [0.5, 0.6) is 5.75 Å². The van der Waals surface area contributed by atoms with Gasteiger partial charge < -0.3 is 10.1 Å². The predicted octanol–water partition coefficient (Wildman–Crippen LogP) is 4.32. The molecule has 2 aromatic heterocycles. The fourth-order valence-electron chi connectivity index (χ4n) is 2.68. The first kappa shape index (κ1) is 17.9. The van der Waals surface area contributed by atoms with E-state index in [2.05, 4.69) is 15.4 Å². The molecule has 0 saturated heterocycles. The first-order valence-corrected chi connectivity index (χ1v) is 9.63. The molecule has 0 spiro atoms. The molecule has 1 N–H and O–H groups in total. The van der Waals surface area contributed by atoms with Crippen molar-refractivity contribution in [3.63, 3.8) is 0 Å². The maximum atomic E-state index is 12.3. The van der Waals surface area contributed by atoms with Gasteiger partial charge in [-0.2, -0.15) is 9.78 Å². The van der Waals surface area contributed by atoms with Crippen LogP contribution in [0.4, 0.5) is 5.82 Å². The smallest absolute Gasteiger partial charge is 0.263 e. The van der Waals surface area contributed by atoms with E-state index in [1.165, 1.54) is 11.3 Å². The molecular formula is C21H18N4O2S. The highest BCUT2D eigenvalue weighted by Crippen LogP contribution is 2.26. The number of carbonyl (C=O) groups excluding carboxylic acids is 1. The van der Waals surface area contributed by atoms with Crippen LogP contribution in [-0.2, 0) is 4.79 Å². The Labute approximate surface area is 166 Å². The molecule has 0 saturated carbocycles. The van der Waals surface area contributed by atoms with Gasteiger partial charge in [-0.3, -0.25) is 4.79 Å². The molecule has 0 radical (unpaired) electrons. The minimum Gasteiger partial charge on any atom is -0.484 e. The number of anilines is 1. The van der Waals surface area contributed by atoms with Crippen LogP contribution >= 0.6 is 11.3 Å². The SMILES string of the molecule is Cc1cc(NC(=O)COc2ccccc2)n(-c2nc(-c3ccccc3)cs2)n1. The van der Waals surface area contributed by atoms with Gasteiger partial charge >= 0.3 is 0 Å². The summed E-state index contributed by atoms with van der Waals surface area (Å²) in [4.78, 5) is 17.0. The minimum absolute atomic E-state index is 0.0820. The van der Waals surface area contributed by atoms with Crippen molar-refractivity contribution in [2.75, 3.05) is 11.9 Å². The zero-order valence-corrected chi connectivity index (χ0v) is 16.0. The molecule has 0 bridgehead atoms. The van der Waals surface area contributed by atoms with E-state index >= 15 is 0 Å². The van der Waals surface area contributed by atoms with Crippen LogP contribution in [0, 0.1) is 6.92 Å². The van der Waals surface area contributed by atoms with Crippen LogP contribution in [0.15, 0.2) is 72.1 Å². The van der Waals surface area contributed by atoms with Crippen LogP contribution in [-0.4, -0.2) is 27.3 Å². The number of aryl methyl sites for hydroxylation is 1. The third-order valence-electron chi connectivity index (χ3n) is 3.95. The second kappa shape index (κ2) is 8.06. The number of carbonyl (C=O) groups is 1. The summed E-state index contributed by atoms with van der Waals surface area (Å²) in [5.74, 6) is 0.952. The third kappa shape index (κ3) is 4.10. The highest BCUT2D eigenvalue weighted by Gasteiger charge is 2.14. The van der Waals surface area contributed by atoms with Gasteiger partial charge in [-0.25, -0.2) is 4.98 Å². The predicted molar refractivity (Wildman–Crippen MR) is 110 cm³/mol. The summed E-state index contributed by atoms with van der Waals surface area (Å²) in [6.45, 7) is 1.79. The minimum atomic E-state index is -0.259. The van der Waals surface area contributed by atoms with E-state index in [0.29, 0.717) is 16.7 Å². The Balaban J connectivity index is 1.49. The number of hydrogen-bond acceptors (Lipinski definition) is 5. The number of benzene rings is 2. The van der Waals surface area contributed by atoms with Crippen LogP contribution < -0.4 is 10.1 Å². The first-order valence-electron chi connectivity index (χ1n) is 8.75. The average Bonchev–Trinajstić information content (AvgIpc) is 3.34. The molecule has 0 atom stereocenters. The maximum Gasteiger partial charge on any atom is 0.263 e. The van der Waals surface area contributed by atoms with Crippen LogP contribution in [0.2, 0.25) is 0 Å². The van der Waals surface area contributed by atoms with Crippen molar-refractivity contribution in [1.29, 1.82) is 0 Å². The lowest BCUT2D eigenvalue weighted by Gasteiger charge is -2.08. The summed E-state index contributed by atoms with van der Waals surface area (Å²) in [7, 11) is 0. The second-order valence-electron chi connectivity index (χ2n) is 6.11. The molecule has 0 aliphatic heterocycles. The number of amides is 1. The van der Waals surface area contributed by atoms with Crippen molar-refractivity contribution in [2.24, 2.45) is 0 Å². The lowest BCUT2D eigenvalue weighted by Crippen LogP contribution is -2.21. The van der Waals surface area contributed by atoms with Crippen molar-refractivity contribution >= 4 is 23.1 Å². The summed E-state index contributed by atoms with van der Waals surface area (Å²) >= 11 is 1.47. The fraction of sp³-hybridized carbons (Fsp3) is 0.0952. The molecule has 0 aliphatic carbocycles. The molecule has 140 valence electrons. The number of rotatable bonds is 6. The molecule has 0 aliphatic rings. The number of hydrogen-bond donors (Lipinski definition) is 1. The Hall–Kier alpha value is -3.45. The van der Waals surface area contributed by atoms with Gasteiger partial charge in [0.1, 0.15) is 11.6 Å². The second-order valence-corrected chi connectivity index (χ2v) is 6.95. The van der Waals surface area contributed by atoms with Gasteiger partial charge in [0.05, 0.1) is 11.4 Å². The molecular weight excluding hydrogens is 372 g/mol. The van der Waals surface area contributed by atoms with E-state index in [1.54, 1.807) is 4.68 Å². The highest BCUT2D eigenvalue weighted by atomic mass is 32.1. The van der Waals surface area contributed by atoms with Gasteiger partial charge in [0.15, 0.2) is 6.61 Å². The first-order chi connectivity index (χ1) is 13.7. The van der Waals surface area contributed by atoms with E-state index in [-0.39, 0.29) is 12.5 Å². The summed E-state index contributed by atoms with van der Waals surface area (Å²) in [6, 6.07) is 21.0. The molecule has 6 nitrogen and oxygen atoms in total. The normalized spacial score (nSPS) is 10.6. The van der Waals surface area contributed by atoms with Gasteiger partial charge in [-0.05, 0) is 19.1 Å². The molecule has 4 aromatic rings. The summed E-state index contributed by atoms with van der Waals surface area (Å²) in [6.07, 6.45) is 0. The number of nitrogens with zero attached hydrogens (tertiary/aromatic N) is 3. The molecule has 0 fully saturated rings. The summed E-state index contributed by atoms with van der Waals surface area (Å²) in [5, 5.41) is 9.98. The van der Waals surface area contributed by atoms with Gasteiger partial charge in [0, 0.05) is 17.0 Å². The molecule has 2 aromatic carbocycles. The summed E-state index contributed by atoms with van der Waals surface area (Å²) in [5.41, 5.74) is 2.70. The van der Waals surface area contributed by atoms with Crippen molar-refractivity contribution in [3.8, 4) is 22.1 Å². The Bertz CT molecular complexity index is 1070. The largest absolute Gasteiger partial charge is 0.484 e. The van der Waals surface area contributed by atoms with Crippen LogP contribution in [0.25, 0.3) is 16.4 Å². The molecule has 2 heterocycles. The zero-order chi connectivity index (χ0) is 19.3. The van der Waals surface area contributed by atoms with Crippen LogP contribution in [0.3, 0.4) is 0 Å². The standard InChI is InChI=1S/C21H18N4O2S/c1-15-12-19(23-20(26)13-27-17-10-6-3-7-11-17)25(24-15)21-22-18(14-28-21)16-8-4-2-5-9-16/h2-12,14H,13H2,1H3,(H,23,26). The molecule has 7 heteroatoms. The van der Waals surface area contributed by atoms with Crippen LogP contribution in [0.1, 0.15) is 5.69 Å². The average molecular weight is 390 g/mol. The number of aromatic nitrogens is 3. The Morgan fingerprint density at radius 1 is 1.11 bits per heavy atom. The monoisotopic (exact) mass is 390 g/mol. The highest BCUT2D eigenvalue weighted by molar-refractivity contribution is 7.12. The number of nitrogens with one attached hydrogen (secondary N) is 1. The summed E-state index contributed by atoms with van der Waals surface area (Å²) < 4.78 is 7.15. The fourth-order valence-corrected chi connectivity index (χ4v) is 3.48. The zero-order valence-electron chi connectivity index (χ0n) is 15.2. The molecule has 28 heavy (non-hydrogen) atoms. The van der Waals surface area contributed by atoms with E-state index in [1.807, 2.05) is 79.0 Å². The number of para-hydroxylation sites is 1. The van der Waals surface area contributed by atoms with Gasteiger partial charge in [0.2, 0.25) is 5.13 Å². The molecule has 4 rings (SSSR count). The Morgan fingerprint density at radius 2 is 1.82 bits per heavy atom. The van der Waals surface area contributed by atoms with E-state index in [4.69, 9.17) is 4.74 Å². The Morgan fingerprint density at radius 3 is 2.57 bits per heavy atom. The lowest BCUT2D eigenvalue weighted by atomic mass is 10.2. The Kier molecular flexibility index (Phi) is 5.16. The van der Waals surface area contributed by atoms with Crippen molar-refractivity contribution < 1.29 is 9.53 Å². The lowest BCUT2D eigenvalue weighted by molar-refractivity contribution is -0.118. The van der Waals surface area contributed by atoms with Crippen molar-refractivity contribution in [3.05, 3.63) is 77.8 Å². The van der Waals surface area contributed by atoms with Crippen molar-refractivity contribution in [2.45, 2.75) is 6.92 Å². The topological polar surface area (TPSA) is 69.0 Å². The molecule has 1 amide bonds. The number of ether oxygens (including phenoxy) is 1. The molecule has 0 unspecified atom stereocenters.